The molecule has 0 fully saturated rings. The van der Waals surface area contributed by atoms with Crippen LogP contribution in [0.1, 0.15) is 10.4 Å². The van der Waals surface area contributed by atoms with Crippen LogP contribution in [0.2, 0.25) is 0 Å². The van der Waals surface area contributed by atoms with E-state index >= 15 is 0 Å². The molecule has 0 saturated heterocycles. The molecule has 22 heavy (non-hydrogen) atoms. The summed E-state index contributed by atoms with van der Waals surface area (Å²) in [6.45, 7) is 3.47. The molecule has 0 aliphatic heterocycles. The molecule has 2 N–H and O–H groups in total. The molecule has 0 heterocycles. The van der Waals surface area contributed by atoms with Gasteiger partial charge in [-0.15, -0.1) is 0 Å². The number of carboxylic acids is 1. The third kappa shape index (κ3) is 3.01. The van der Waals surface area contributed by atoms with Crippen LogP contribution < -0.4 is 10.1 Å². The van der Waals surface area contributed by atoms with Crippen LogP contribution in [0.5, 0.6) is 5.75 Å². The van der Waals surface area contributed by atoms with E-state index in [0.29, 0.717) is 11.1 Å². The Kier molecular flexibility index (Phi) is 4.63. The third-order valence-electron chi connectivity index (χ3n) is 3.02. The Morgan fingerprint density at radius 1 is 1.32 bits per heavy atom. The summed E-state index contributed by atoms with van der Waals surface area (Å²) in [5.41, 5.74) is 0.0871. The maximum Gasteiger partial charge on any atom is 0.411 e. The molecular formula is C16H15NO5. The van der Waals surface area contributed by atoms with E-state index in [1.54, 1.807) is 24.3 Å². The zero-order valence-corrected chi connectivity index (χ0v) is 12.0. The minimum atomic E-state index is -1.16. The number of methoxy groups -OCH3 is 1. The van der Waals surface area contributed by atoms with Crippen molar-refractivity contribution in [3.63, 3.8) is 0 Å². The zero-order valence-electron chi connectivity index (χ0n) is 12.0. The van der Waals surface area contributed by atoms with E-state index in [9.17, 15) is 14.7 Å². The smallest absolute Gasteiger partial charge is 0.411 e. The highest BCUT2D eigenvalue weighted by Gasteiger charge is 2.18. The molecule has 2 aromatic rings. The molecule has 0 spiro atoms. The van der Waals surface area contributed by atoms with Crippen molar-refractivity contribution in [2.24, 2.45) is 0 Å². The number of fused-ring (bicyclic) bond motifs is 1. The molecule has 0 unspecified atom stereocenters. The zero-order chi connectivity index (χ0) is 16.1. The van der Waals surface area contributed by atoms with Gasteiger partial charge in [-0.05, 0) is 17.5 Å². The number of ether oxygens (including phenoxy) is 2. The lowest BCUT2D eigenvalue weighted by Gasteiger charge is -2.14. The SMILES string of the molecule is C=CCOC(=O)Nc1c(C(=O)O)ccc2cccc(OC)c12. The average molecular weight is 301 g/mol. The summed E-state index contributed by atoms with van der Waals surface area (Å²) < 4.78 is 10.1. The molecule has 2 rings (SSSR count). The Labute approximate surface area is 127 Å². The van der Waals surface area contributed by atoms with Gasteiger partial charge < -0.3 is 14.6 Å². The molecule has 0 radical (unpaired) electrons. The lowest BCUT2D eigenvalue weighted by atomic mass is 10.0. The van der Waals surface area contributed by atoms with Crippen LogP contribution in [0, 0.1) is 0 Å². The second kappa shape index (κ2) is 6.62. The molecule has 0 bridgehead atoms. The van der Waals surface area contributed by atoms with Crippen LogP contribution in [0.25, 0.3) is 10.8 Å². The first-order valence-electron chi connectivity index (χ1n) is 6.46. The number of rotatable bonds is 5. The van der Waals surface area contributed by atoms with Gasteiger partial charge in [0.2, 0.25) is 0 Å². The van der Waals surface area contributed by atoms with E-state index in [4.69, 9.17) is 9.47 Å². The second-order valence-electron chi connectivity index (χ2n) is 4.36. The second-order valence-corrected chi connectivity index (χ2v) is 4.36. The minimum Gasteiger partial charge on any atom is -0.496 e. The number of carbonyl (C=O) groups is 2. The highest BCUT2D eigenvalue weighted by Crippen LogP contribution is 2.35. The van der Waals surface area contributed by atoms with Crippen LogP contribution in [-0.2, 0) is 4.74 Å². The molecule has 2 aromatic carbocycles. The highest BCUT2D eigenvalue weighted by molar-refractivity contribution is 6.11. The van der Waals surface area contributed by atoms with E-state index in [0.717, 1.165) is 5.39 Å². The summed E-state index contributed by atoms with van der Waals surface area (Å²) >= 11 is 0. The number of carbonyl (C=O) groups excluding carboxylic acids is 1. The van der Waals surface area contributed by atoms with E-state index in [-0.39, 0.29) is 17.9 Å². The summed E-state index contributed by atoms with van der Waals surface area (Å²) in [7, 11) is 1.47. The number of carboxylic acid groups (broad SMARTS) is 1. The predicted octanol–water partition coefficient (Wildman–Crippen LogP) is 3.28. The highest BCUT2D eigenvalue weighted by atomic mass is 16.5. The van der Waals surface area contributed by atoms with Gasteiger partial charge in [0.1, 0.15) is 12.4 Å². The average Bonchev–Trinajstić information content (AvgIpc) is 2.52. The van der Waals surface area contributed by atoms with Crippen LogP contribution >= 0.6 is 0 Å². The number of nitrogens with one attached hydrogen (secondary N) is 1. The first-order valence-corrected chi connectivity index (χ1v) is 6.46. The molecule has 0 saturated carbocycles. The Balaban J connectivity index is 2.60. The van der Waals surface area contributed by atoms with Gasteiger partial charge in [-0.2, -0.15) is 0 Å². The predicted molar refractivity (Wildman–Crippen MR) is 82.6 cm³/mol. The van der Waals surface area contributed by atoms with Crippen molar-refractivity contribution in [1.29, 1.82) is 0 Å². The van der Waals surface area contributed by atoms with Crippen molar-refractivity contribution in [2.45, 2.75) is 0 Å². The quantitative estimate of drug-likeness (QED) is 0.828. The number of amides is 1. The van der Waals surface area contributed by atoms with Crippen LogP contribution in [0.3, 0.4) is 0 Å². The van der Waals surface area contributed by atoms with Crippen molar-refractivity contribution in [1.82, 2.24) is 0 Å². The molecule has 0 atom stereocenters. The first kappa shape index (κ1) is 15.4. The Bertz CT molecular complexity index is 739. The van der Waals surface area contributed by atoms with E-state index < -0.39 is 12.1 Å². The van der Waals surface area contributed by atoms with Gasteiger partial charge in [-0.3, -0.25) is 5.32 Å². The standard InChI is InChI=1S/C16H15NO5/c1-3-9-22-16(20)17-14-11(15(18)19)8-7-10-5-4-6-12(21-2)13(10)14/h3-8H,1,9H2,2H3,(H,17,20)(H,18,19). The number of anilines is 1. The Morgan fingerprint density at radius 2 is 2.09 bits per heavy atom. The van der Waals surface area contributed by atoms with Gasteiger partial charge in [0, 0.05) is 5.39 Å². The van der Waals surface area contributed by atoms with E-state index in [1.165, 1.54) is 19.3 Å². The molecule has 0 aliphatic rings. The summed E-state index contributed by atoms with van der Waals surface area (Å²) in [6, 6.07) is 8.34. The summed E-state index contributed by atoms with van der Waals surface area (Å²) in [6.07, 6.45) is 0.655. The van der Waals surface area contributed by atoms with Gasteiger partial charge in [0.15, 0.2) is 0 Å². The van der Waals surface area contributed by atoms with Gasteiger partial charge >= 0.3 is 12.1 Å². The van der Waals surface area contributed by atoms with Crippen molar-refractivity contribution in [3.8, 4) is 5.75 Å². The number of hydrogen-bond acceptors (Lipinski definition) is 4. The lowest BCUT2D eigenvalue weighted by molar-refractivity contribution is 0.0698. The third-order valence-corrected chi connectivity index (χ3v) is 3.02. The largest absolute Gasteiger partial charge is 0.496 e. The van der Waals surface area contributed by atoms with Gasteiger partial charge in [0.05, 0.1) is 18.4 Å². The monoisotopic (exact) mass is 301 g/mol. The Hall–Kier alpha value is -3.02. The minimum absolute atomic E-state index is 0.0239. The first-order chi connectivity index (χ1) is 10.6. The number of benzene rings is 2. The summed E-state index contributed by atoms with van der Waals surface area (Å²) in [5, 5.41) is 13.0. The fraction of sp³-hybridized carbons (Fsp3) is 0.125. The molecule has 1 amide bonds. The summed E-state index contributed by atoms with van der Waals surface area (Å²) in [5.74, 6) is -0.702. The molecular weight excluding hydrogens is 286 g/mol. The lowest BCUT2D eigenvalue weighted by Crippen LogP contribution is -2.16. The van der Waals surface area contributed by atoms with Gasteiger partial charge in [-0.1, -0.05) is 30.9 Å². The summed E-state index contributed by atoms with van der Waals surface area (Å²) in [4.78, 5) is 23.2. The van der Waals surface area contributed by atoms with Crippen LogP contribution in [0.4, 0.5) is 10.5 Å². The molecule has 0 aromatic heterocycles. The molecule has 0 aliphatic carbocycles. The van der Waals surface area contributed by atoms with Crippen LogP contribution in [0.15, 0.2) is 43.0 Å². The number of aromatic carboxylic acids is 1. The van der Waals surface area contributed by atoms with E-state index in [1.807, 2.05) is 0 Å². The van der Waals surface area contributed by atoms with Crippen molar-refractivity contribution in [3.05, 3.63) is 48.6 Å². The molecule has 114 valence electrons. The fourth-order valence-corrected chi connectivity index (χ4v) is 2.10. The van der Waals surface area contributed by atoms with Gasteiger partial charge in [-0.25, -0.2) is 9.59 Å². The van der Waals surface area contributed by atoms with Crippen molar-refractivity contribution in [2.75, 3.05) is 19.0 Å². The van der Waals surface area contributed by atoms with Crippen molar-refractivity contribution < 1.29 is 24.2 Å². The Morgan fingerprint density at radius 3 is 2.73 bits per heavy atom. The number of hydrogen-bond donors (Lipinski definition) is 2. The molecule has 6 heteroatoms. The normalized spacial score (nSPS) is 10.0. The van der Waals surface area contributed by atoms with Crippen LogP contribution in [-0.4, -0.2) is 30.9 Å². The van der Waals surface area contributed by atoms with E-state index in [2.05, 4.69) is 11.9 Å². The maximum absolute atomic E-state index is 11.8. The van der Waals surface area contributed by atoms with Crippen molar-refractivity contribution >= 4 is 28.5 Å². The maximum atomic E-state index is 11.8. The fourth-order valence-electron chi connectivity index (χ4n) is 2.10. The molecule has 6 nitrogen and oxygen atoms in total. The topological polar surface area (TPSA) is 84.9 Å². The van der Waals surface area contributed by atoms with Gasteiger partial charge in [0.25, 0.3) is 0 Å².